The lowest BCUT2D eigenvalue weighted by atomic mass is 9.85. The quantitative estimate of drug-likeness (QED) is 0.849. The van der Waals surface area contributed by atoms with Crippen molar-refractivity contribution in [3.63, 3.8) is 0 Å². The molecule has 1 fully saturated rings. The topological polar surface area (TPSA) is 99.8 Å². The zero-order valence-corrected chi connectivity index (χ0v) is 11.9. The molecule has 2 N–H and O–H groups in total. The Balaban J connectivity index is 2.19. The predicted octanol–water partition coefficient (Wildman–Crippen LogP) is 0.581. The number of carbonyl (C=O) groups excluding carboxylic acids is 1. The van der Waals surface area contributed by atoms with Crippen molar-refractivity contribution in [3.05, 3.63) is 23.5 Å². The summed E-state index contributed by atoms with van der Waals surface area (Å²) in [4.78, 5) is 36.2. The average molecular weight is 294 g/mol. The van der Waals surface area contributed by atoms with Crippen LogP contribution in [0.2, 0.25) is 0 Å². The third-order valence-electron chi connectivity index (χ3n) is 4.13. The molecular weight excluding hydrogens is 276 g/mol. The molecule has 0 aromatic carbocycles. The largest absolute Gasteiger partial charge is 0.481 e. The number of amides is 1. The summed E-state index contributed by atoms with van der Waals surface area (Å²) in [5.41, 5.74) is 1.40. The molecule has 7 heteroatoms. The first kappa shape index (κ1) is 15.1. The molecule has 1 saturated heterocycles. The van der Waals surface area contributed by atoms with Crippen molar-refractivity contribution in [3.8, 4) is 0 Å². The summed E-state index contributed by atoms with van der Waals surface area (Å²) < 4.78 is 1.74. The van der Waals surface area contributed by atoms with Crippen LogP contribution < -0.4 is 0 Å². The molecule has 0 radical (unpaired) electrons. The minimum absolute atomic E-state index is 0.0740. The Hall–Kier alpha value is -2.31. The molecule has 0 spiro atoms. The summed E-state index contributed by atoms with van der Waals surface area (Å²) in [6.45, 7) is 2.05. The van der Waals surface area contributed by atoms with E-state index in [1.54, 1.807) is 17.7 Å². The fourth-order valence-corrected chi connectivity index (χ4v) is 2.67. The maximum atomic E-state index is 12.4. The standard InChI is InChI=1S/C14H18N2O5/c1-8-3-4-11(15(8)2)12(17)16-6-5-9(13(18)19)10(7-16)14(20)21/h3-4,9-10H,5-7H2,1-2H3,(H,18,19)(H,20,21). The molecule has 0 saturated carbocycles. The van der Waals surface area contributed by atoms with Gasteiger partial charge in [0.15, 0.2) is 0 Å². The van der Waals surface area contributed by atoms with E-state index in [0.29, 0.717) is 5.69 Å². The maximum Gasteiger partial charge on any atom is 0.309 e. The fourth-order valence-electron chi connectivity index (χ4n) is 2.67. The lowest BCUT2D eigenvalue weighted by molar-refractivity contribution is -0.156. The van der Waals surface area contributed by atoms with Gasteiger partial charge in [0.25, 0.3) is 5.91 Å². The number of hydrogen-bond acceptors (Lipinski definition) is 3. The first-order chi connectivity index (χ1) is 9.82. The van der Waals surface area contributed by atoms with E-state index < -0.39 is 23.8 Å². The molecule has 1 aromatic rings. The smallest absolute Gasteiger partial charge is 0.309 e. The lowest BCUT2D eigenvalue weighted by Crippen LogP contribution is -2.48. The molecule has 1 amide bonds. The molecule has 1 aliphatic rings. The van der Waals surface area contributed by atoms with Gasteiger partial charge in [-0.15, -0.1) is 0 Å². The van der Waals surface area contributed by atoms with Crippen LogP contribution >= 0.6 is 0 Å². The Labute approximate surface area is 121 Å². The highest BCUT2D eigenvalue weighted by Gasteiger charge is 2.40. The molecule has 21 heavy (non-hydrogen) atoms. The number of aryl methyl sites for hydroxylation is 1. The zero-order chi connectivity index (χ0) is 15.7. The second kappa shape index (κ2) is 5.59. The van der Waals surface area contributed by atoms with Crippen LogP contribution in [0.25, 0.3) is 0 Å². The maximum absolute atomic E-state index is 12.4. The number of likely N-dealkylation sites (tertiary alicyclic amines) is 1. The van der Waals surface area contributed by atoms with Crippen LogP contribution in [-0.2, 0) is 16.6 Å². The summed E-state index contributed by atoms with van der Waals surface area (Å²) in [6.07, 6.45) is 0.154. The van der Waals surface area contributed by atoms with Gasteiger partial charge >= 0.3 is 11.9 Å². The van der Waals surface area contributed by atoms with Crippen molar-refractivity contribution in [2.75, 3.05) is 13.1 Å². The van der Waals surface area contributed by atoms with Crippen molar-refractivity contribution in [2.45, 2.75) is 13.3 Å². The highest BCUT2D eigenvalue weighted by atomic mass is 16.4. The Kier molecular flexibility index (Phi) is 4.02. The van der Waals surface area contributed by atoms with Crippen molar-refractivity contribution in [1.29, 1.82) is 0 Å². The Morgan fingerprint density at radius 1 is 1.14 bits per heavy atom. The molecular formula is C14H18N2O5. The van der Waals surface area contributed by atoms with Crippen molar-refractivity contribution >= 4 is 17.8 Å². The van der Waals surface area contributed by atoms with Crippen LogP contribution in [0.4, 0.5) is 0 Å². The summed E-state index contributed by atoms with van der Waals surface area (Å²) in [7, 11) is 1.77. The van der Waals surface area contributed by atoms with Crippen LogP contribution in [0.15, 0.2) is 12.1 Å². The van der Waals surface area contributed by atoms with Gasteiger partial charge in [0, 0.05) is 25.8 Å². The first-order valence-electron chi connectivity index (χ1n) is 6.70. The number of aromatic nitrogens is 1. The second-order valence-electron chi connectivity index (χ2n) is 5.35. The molecule has 2 unspecified atom stereocenters. The van der Waals surface area contributed by atoms with Gasteiger partial charge in [0.1, 0.15) is 5.69 Å². The predicted molar refractivity (Wildman–Crippen MR) is 72.9 cm³/mol. The summed E-state index contributed by atoms with van der Waals surface area (Å²) >= 11 is 0. The van der Waals surface area contributed by atoms with Gasteiger partial charge in [-0.25, -0.2) is 0 Å². The van der Waals surface area contributed by atoms with Crippen molar-refractivity contribution in [1.82, 2.24) is 9.47 Å². The minimum Gasteiger partial charge on any atom is -0.481 e. The van der Waals surface area contributed by atoms with E-state index in [-0.39, 0.29) is 25.4 Å². The Bertz CT molecular complexity index is 592. The van der Waals surface area contributed by atoms with Gasteiger partial charge < -0.3 is 19.7 Å². The number of carbonyl (C=O) groups is 3. The third kappa shape index (κ3) is 2.76. The summed E-state index contributed by atoms with van der Waals surface area (Å²) in [5, 5.41) is 18.3. The van der Waals surface area contributed by atoms with E-state index in [9.17, 15) is 19.5 Å². The highest BCUT2D eigenvalue weighted by molar-refractivity contribution is 5.93. The van der Waals surface area contributed by atoms with Crippen molar-refractivity contribution in [2.24, 2.45) is 18.9 Å². The summed E-state index contributed by atoms with van der Waals surface area (Å²) in [6, 6.07) is 3.50. The van der Waals surface area contributed by atoms with E-state index in [4.69, 9.17) is 5.11 Å². The summed E-state index contributed by atoms with van der Waals surface area (Å²) in [5.74, 6) is -4.57. The molecule has 114 valence electrons. The number of rotatable bonds is 3. The first-order valence-corrected chi connectivity index (χ1v) is 6.70. The number of piperidine rings is 1. The van der Waals surface area contributed by atoms with E-state index in [1.807, 2.05) is 13.0 Å². The minimum atomic E-state index is -1.18. The van der Waals surface area contributed by atoms with Gasteiger partial charge in [0.05, 0.1) is 11.8 Å². The third-order valence-corrected chi connectivity index (χ3v) is 4.13. The Morgan fingerprint density at radius 3 is 2.24 bits per heavy atom. The van der Waals surface area contributed by atoms with Crippen LogP contribution in [0.3, 0.4) is 0 Å². The lowest BCUT2D eigenvalue weighted by Gasteiger charge is -2.34. The number of nitrogens with zero attached hydrogens (tertiary/aromatic N) is 2. The molecule has 2 heterocycles. The molecule has 0 bridgehead atoms. The second-order valence-corrected chi connectivity index (χ2v) is 5.35. The number of aliphatic carboxylic acids is 2. The highest BCUT2D eigenvalue weighted by Crippen LogP contribution is 2.25. The van der Waals surface area contributed by atoms with E-state index >= 15 is 0 Å². The number of carboxylic acids is 2. The van der Waals surface area contributed by atoms with E-state index in [2.05, 4.69) is 0 Å². The zero-order valence-electron chi connectivity index (χ0n) is 11.9. The normalized spacial score (nSPS) is 22.1. The number of carboxylic acid groups (broad SMARTS) is 2. The Morgan fingerprint density at radius 2 is 1.76 bits per heavy atom. The van der Waals surface area contributed by atoms with Crippen LogP contribution in [0.1, 0.15) is 22.6 Å². The van der Waals surface area contributed by atoms with Crippen molar-refractivity contribution < 1.29 is 24.6 Å². The van der Waals surface area contributed by atoms with Gasteiger partial charge in [-0.2, -0.15) is 0 Å². The molecule has 2 rings (SSSR count). The van der Waals surface area contributed by atoms with Gasteiger partial charge in [0.2, 0.25) is 0 Å². The molecule has 0 aliphatic carbocycles. The SMILES string of the molecule is Cc1ccc(C(=O)N2CCC(C(=O)O)C(C(=O)O)C2)n1C. The van der Waals surface area contributed by atoms with Crippen LogP contribution in [0.5, 0.6) is 0 Å². The van der Waals surface area contributed by atoms with Crippen LogP contribution in [-0.4, -0.2) is 50.6 Å². The van der Waals surface area contributed by atoms with E-state index in [0.717, 1.165) is 5.69 Å². The van der Waals surface area contributed by atoms with Crippen LogP contribution in [0, 0.1) is 18.8 Å². The monoisotopic (exact) mass is 294 g/mol. The number of hydrogen-bond donors (Lipinski definition) is 2. The average Bonchev–Trinajstić information content (AvgIpc) is 2.77. The van der Waals surface area contributed by atoms with Gasteiger partial charge in [-0.3, -0.25) is 14.4 Å². The van der Waals surface area contributed by atoms with Gasteiger partial charge in [-0.05, 0) is 25.5 Å². The molecule has 7 nitrogen and oxygen atoms in total. The fraction of sp³-hybridized carbons (Fsp3) is 0.500. The molecule has 1 aromatic heterocycles. The van der Waals surface area contributed by atoms with Gasteiger partial charge in [-0.1, -0.05) is 0 Å². The molecule has 1 aliphatic heterocycles. The molecule has 2 atom stereocenters. The van der Waals surface area contributed by atoms with E-state index in [1.165, 1.54) is 4.90 Å².